The van der Waals surface area contributed by atoms with E-state index in [0.717, 1.165) is 5.56 Å². The maximum Gasteiger partial charge on any atom is 0.222 e. The predicted octanol–water partition coefficient (Wildman–Crippen LogP) is 1.79. The highest BCUT2D eigenvalue weighted by Gasteiger charge is 2.18. The molecule has 0 saturated heterocycles. The molecule has 2 atom stereocenters. The van der Waals surface area contributed by atoms with Crippen molar-refractivity contribution in [2.24, 2.45) is 0 Å². The van der Waals surface area contributed by atoms with Gasteiger partial charge < -0.3 is 15.7 Å². The quantitative estimate of drug-likeness (QED) is 0.718. The van der Waals surface area contributed by atoms with Gasteiger partial charge in [-0.2, -0.15) is 0 Å². The smallest absolute Gasteiger partial charge is 0.222 e. The van der Waals surface area contributed by atoms with Gasteiger partial charge in [-0.15, -0.1) is 0 Å². The molecule has 5 nitrogen and oxygen atoms in total. The minimum atomic E-state index is -0.402. The zero-order chi connectivity index (χ0) is 15.8. The number of hydrogen-bond acceptors (Lipinski definition) is 3. The van der Waals surface area contributed by atoms with E-state index in [9.17, 15) is 9.59 Å². The first-order chi connectivity index (χ1) is 9.92. The second-order valence-corrected chi connectivity index (χ2v) is 5.43. The second kappa shape index (κ2) is 8.64. The molecule has 1 aromatic carbocycles. The average molecular weight is 313 g/mol. The number of hydrogen-bond donors (Lipinski definition) is 3. The van der Waals surface area contributed by atoms with Crippen molar-refractivity contribution >= 4 is 23.4 Å². The fraction of sp³-hybridized carbons (Fsp3) is 0.467. The number of aliphatic hydroxyl groups excluding tert-OH is 1. The number of rotatable bonds is 7. The Labute approximate surface area is 129 Å². The van der Waals surface area contributed by atoms with Crippen LogP contribution in [0.1, 0.15) is 38.3 Å². The lowest BCUT2D eigenvalue weighted by atomic mass is 10.0. The van der Waals surface area contributed by atoms with Crippen LogP contribution >= 0.6 is 11.6 Å². The summed E-state index contributed by atoms with van der Waals surface area (Å²) in [5.41, 5.74) is 0.819. The van der Waals surface area contributed by atoms with Crippen LogP contribution in [-0.2, 0) is 9.59 Å². The Morgan fingerprint density at radius 1 is 1.24 bits per heavy atom. The molecule has 3 N–H and O–H groups in total. The SMILES string of the molecule is CC(=O)NC(CC(=O)N[C@H](C)CCO)c1ccc(Cl)cc1. The molecule has 116 valence electrons. The Morgan fingerprint density at radius 2 is 1.86 bits per heavy atom. The maximum atomic E-state index is 12.0. The van der Waals surface area contributed by atoms with E-state index >= 15 is 0 Å². The lowest BCUT2D eigenvalue weighted by Crippen LogP contribution is -2.37. The summed E-state index contributed by atoms with van der Waals surface area (Å²) in [5, 5.41) is 15.0. The van der Waals surface area contributed by atoms with Crippen LogP contribution in [0.5, 0.6) is 0 Å². The molecule has 6 heteroatoms. The van der Waals surface area contributed by atoms with E-state index in [1.807, 2.05) is 6.92 Å². The summed E-state index contributed by atoms with van der Waals surface area (Å²) in [4.78, 5) is 23.3. The molecule has 1 unspecified atom stereocenters. The predicted molar refractivity (Wildman–Crippen MR) is 81.9 cm³/mol. The number of aliphatic hydroxyl groups is 1. The van der Waals surface area contributed by atoms with Gasteiger partial charge in [-0.1, -0.05) is 23.7 Å². The molecule has 0 heterocycles. The summed E-state index contributed by atoms with van der Waals surface area (Å²) in [7, 11) is 0. The molecule has 0 radical (unpaired) electrons. The van der Waals surface area contributed by atoms with E-state index in [4.69, 9.17) is 16.7 Å². The van der Waals surface area contributed by atoms with Crippen molar-refractivity contribution in [3.05, 3.63) is 34.9 Å². The average Bonchev–Trinajstić information content (AvgIpc) is 2.38. The van der Waals surface area contributed by atoms with Crippen LogP contribution in [0.2, 0.25) is 5.02 Å². The normalized spacial score (nSPS) is 13.3. The first-order valence-corrected chi connectivity index (χ1v) is 7.23. The largest absolute Gasteiger partial charge is 0.396 e. The summed E-state index contributed by atoms with van der Waals surface area (Å²) in [6.07, 6.45) is 0.633. The van der Waals surface area contributed by atoms with Crippen molar-refractivity contribution in [1.29, 1.82) is 0 Å². The monoisotopic (exact) mass is 312 g/mol. The van der Waals surface area contributed by atoms with E-state index in [1.54, 1.807) is 24.3 Å². The van der Waals surface area contributed by atoms with Gasteiger partial charge in [0.05, 0.1) is 12.5 Å². The third kappa shape index (κ3) is 6.60. The van der Waals surface area contributed by atoms with E-state index in [0.29, 0.717) is 11.4 Å². The number of nitrogens with one attached hydrogen (secondary N) is 2. The molecule has 21 heavy (non-hydrogen) atoms. The first-order valence-electron chi connectivity index (χ1n) is 6.85. The molecular formula is C15H21ClN2O3. The third-order valence-corrected chi connectivity index (χ3v) is 3.26. The highest BCUT2D eigenvalue weighted by atomic mass is 35.5. The molecule has 0 aliphatic carbocycles. The summed E-state index contributed by atoms with van der Waals surface area (Å²) < 4.78 is 0. The van der Waals surface area contributed by atoms with Crippen molar-refractivity contribution in [3.8, 4) is 0 Å². The zero-order valence-corrected chi connectivity index (χ0v) is 13.0. The fourth-order valence-electron chi connectivity index (χ4n) is 1.98. The van der Waals surface area contributed by atoms with Crippen molar-refractivity contribution in [2.45, 2.75) is 38.8 Å². The van der Waals surface area contributed by atoms with Gasteiger partial charge in [-0.05, 0) is 31.0 Å². The molecule has 1 rings (SSSR count). The Morgan fingerprint density at radius 3 is 2.38 bits per heavy atom. The van der Waals surface area contributed by atoms with E-state index < -0.39 is 6.04 Å². The first kappa shape index (κ1) is 17.5. The van der Waals surface area contributed by atoms with Gasteiger partial charge in [-0.3, -0.25) is 9.59 Å². The van der Waals surface area contributed by atoms with Gasteiger partial charge in [-0.25, -0.2) is 0 Å². The minimum Gasteiger partial charge on any atom is -0.396 e. The van der Waals surface area contributed by atoms with Crippen LogP contribution in [-0.4, -0.2) is 29.6 Å². The lowest BCUT2D eigenvalue weighted by Gasteiger charge is -2.20. The molecule has 0 aliphatic rings. The molecule has 0 aliphatic heterocycles. The number of carbonyl (C=O) groups excluding carboxylic acids is 2. The number of amides is 2. The third-order valence-electron chi connectivity index (χ3n) is 3.01. The molecule has 0 saturated carbocycles. The van der Waals surface area contributed by atoms with Crippen LogP contribution in [0.3, 0.4) is 0 Å². The van der Waals surface area contributed by atoms with Gasteiger partial charge >= 0.3 is 0 Å². The maximum absolute atomic E-state index is 12.0. The summed E-state index contributed by atoms with van der Waals surface area (Å²) in [6.45, 7) is 3.26. The van der Waals surface area contributed by atoms with Gasteiger partial charge in [0.15, 0.2) is 0 Å². The topological polar surface area (TPSA) is 78.4 Å². The van der Waals surface area contributed by atoms with Crippen LogP contribution in [0.25, 0.3) is 0 Å². The van der Waals surface area contributed by atoms with Crippen LogP contribution < -0.4 is 10.6 Å². The Bertz CT molecular complexity index is 476. The van der Waals surface area contributed by atoms with Crippen LogP contribution in [0.15, 0.2) is 24.3 Å². The zero-order valence-electron chi connectivity index (χ0n) is 12.2. The molecular weight excluding hydrogens is 292 g/mol. The van der Waals surface area contributed by atoms with E-state index in [1.165, 1.54) is 6.92 Å². The highest BCUT2D eigenvalue weighted by molar-refractivity contribution is 6.30. The molecule has 0 aromatic heterocycles. The van der Waals surface area contributed by atoms with Crippen LogP contribution in [0, 0.1) is 0 Å². The van der Waals surface area contributed by atoms with Gasteiger partial charge in [0.1, 0.15) is 0 Å². The summed E-state index contributed by atoms with van der Waals surface area (Å²) in [5.74, 6) is -0.379. The Kier molecular flexibility index (Phi) is 7.19. The van der Waals surface area contributed by atoms with Gasteiger partial charge in [0.25, 0.3) is 0 Å². The minimum absolute atomic E-state index is 0.0216. The summed E-state index contributed by atoms with van der Waals surface area (Å²) >= 11 is 5.84. The standard InChI is InChI=1S/C15H21ClN2O3/c1-10(7-8-19)17-15(21)9-14(18-11(2)20)12-3-5-13(16)6-4-12/h3-6,10,14,19H,7-9H2,1-2H3,(H,17,21)(H,18,20)/t10-,14?/m1/s1. The summed E-state index contributed by atoms with van der Waals surface area (Å²) in [6, 6.07) is 6.50. The molecule has 0 spiro atoms. The molecule has 2 amide bonds. The highest BCUT2D eigenvalue weighted by Crippen LogP contribution is 2.19. The van der Waals surface area contributed by atoms with Crippen molar-refractivity contribution < 1.29 is 14.7 Å². The van der Waals surface area contributed by atoms with Gasteiger partial charge in [0, 0.05) is 24.6 Å². The molecule has 0 bridgehead atoms. The van der Waals surface area contributed by atoms with Crippen LogP contribution in [0.4, 0.5) is 0 Å². The second-order valence-electron chi connectivity index (χ2n) is 4.99. The number of carbonyl (C=O) groups is 2. The van der Waals surface area contributed by atoms with Gasteiger partial charge in [0.2, 0.25) is 11.8 Å². The van der Waals surface area contributed by atoms with Crippen molar-refractivity contribution in [2.75, 3.05) is 6.61 Å². The number of benzene rings is 1. The fourth-order valence-corrected chi connectivity index (χ4v) is 2.10. The number of halogens is 1. The molecule has 0 fully saturated rings. The lowest BCUT2D eigenvalue weighted by molar-refractivity contribution is -0.123. The Hall–Kier alpha value is -1.59. The molecule has 1 aromatic rings. The van der Waals surface area contributed by atoms with Crippen molar-refractivity contribution in [3.63, 3.8) is 0 Å². The van der Waals surface area contributed by atoms with E-state index in [2.05, 4.69) is 10.6 Å². The Balaban J connectivity index is 2.72. The van der Waals surface area contributed by atoms with E-state index in [-0.39, 0.29) is 30.9 Å². The van der Waals surface area contributed by atoms with Crippen molar-refractivity contribution in [1.82, 2.24) is 10.6 Å².